The van der Waals surface area contributed by atoms with E-state index in [0.29, 0.717) is 38.1 Å². The predicted molar refractivity (Wildman–Crippen MR) is 107 cm³/mol. The van der Waals surface area contributed by atoms with Crippen molar-refractivity contribution in [2.24, 2.45) is 0 Å². The number of nitrogen functional groups attached to an aromatic ring is 1. The highest BCUT2D eigenvalue weighted by molar-refractivity contribution is 5.71. The first kappa shape index (κ1) is 19.9. The van der Waals surface area contributed by atoms with Crippen LogP contribution in [0, 0.1) is 0 Å². The average molecular weight is 416 g/mol. The molecular weight excluding hydrogens is 397 g/mol. The number of aromatic nitrogens is 3. The summed E-state index contributed by atoms with van der Waals surface area (Å²) in [5, 5.41) is 3.13. The molecule has 156 valence electrons. The molecule has 0 atom stereocenters. The SMILES string of the molecule is Nc1cc(C(F)(F)F)c(-c2cc(Nc3ccccc3)nc(N3CCOCC3)n2)cn1. The predicted octanol–water partition coefficient (Wildman–Crippen LogP) is 3.72. The molecule has 2 aromatic heterocycles. The van der Waals surface area contributed by atoms with Crippen molar-refractivity contribution >= 4 is 23.3 Å². The summed E-state index contributed by atoms with van der Waals surface area (Å²) in [7, 11) is 0. The quantitative estimate of drug-likeness (QED) is 0.670. The first-order valence-electron chi connectivity index (χ1n) is 9.27. The number of hydrogen-bond donors (Lipinski definition) is 2. The number of para-hydroxylation sites is 1. The molecule has 3 N–H and O–H groups in total. The van der Waals surface area contributed by atoms with E-state index >= 15 is 0 Å². The Balaban J connectivity index is 1.82. The van der Waals surface area contributed by atoms with Crippen molar-refractivity contribution in [1.82, 2.24) is 15.0 Å². The minimum absolute atomic E-state index is 0.102. The molecule has 7 nitrogen and oxygen atoms in total. The molecule has 10 heteroatoms. The number of nitrogens with two attached hydrogens (primary N) is 1. The maximum absolute atomic E-state index is 13.6. The van der Waals surface area contributed by atoms with Crippen molar-refractivity contribution in [2.45, 2.75) is 6.18 Å². The zero-order valence-corrected chi connectivity index (χ0v) is 15.9. The van der Waals surface area contributed by atoms with Crippen LogP contribution in [0.3, 0.4) is 0 Å². The van der Waals surface area contributed by atoms with Crippen molar-refractivity contribution in [3.05, 3.63) is 54.2 Å². The minimum atomic E-state index is -4.61. The average Bonchev–Trinajstić information content (AvgIpc) is 2.74. The Labute approximate surface area is 170 Å². The molecule has 1 aliphatic rings. The molecule has 3 heterocycles. The smallest absolute Gasteiger partial charge is 0.384 e. The third-order valence-corrected chi connectivity index (χ3v) is 4.56. The van der Waals surface area contributed by atoms with Gasteiger partial charge in [0.15, 0.2) is 0 Å². The fourth-order valence-corrected chi connectivity index (χ4v) is 3.12. The van der Waals surface area contributed by atoms with E-state index in [4.69, 9.17) is 10.5 Å². The highest BCUT2D eigenvalue weighted by Gasteiger charge is 2.35. The van der Waals surface area contributed by atoms with Crippen molar-refractivity contribution in [1.29, 1.82) is 0 Å². The van der Waals surface area contributed by atoms with Crippen LogP contribution in [0.15, 0.2) is 48.7 Å². The molecule has 1 fully saturated rings. The van der Waals surface area contributed by atoms with Gasteiger partial charge in [0.2, 0.25) is 5.95 Å². The van der Waals surface area contributed by atoms with Gasteiger partial charge < -0.3 is 20.7 Å². The molecule has 0 spiro atoms. The van der Waals surface area contributed by atoms with Gasteiger partial charge in [-0.05, 0) is 18.2 Å². The Morgan fingerprint density at radius 1 is 1.03 bits per heavy atom. The van der Waals surface area contributed by atoms with E-state index in [9.17, 15) is 13.2 Å². The number of pyridine rings is 1. The van der Waals surface area contributed by atoms with Crippen LogP contribution in [0.25, 0.3) is 11.3 Å². The van der Waals surface area contributed by atoms with Gasteiger partial charge in [0, 0.05) is 36.6 Å². The molecule has 0 radical (unpaired) electrons. The lowest BCUT2D eigenvalue weighted by Gasteiger charge is -2.27. The molecule has 30 heavy (non-hydrogen) atoms. The first-order chi connectivity index (χ1) is 14.4. The number of hydrogen-bond acceptors (Lipinski definition) is 7. The number of morpholine rings is 1. The first-order valence-corrected chi connectivity index (χ1v) is 9.27. The van der Waals surface area contributed by atoms with Crippen LogP contribution in [-0.2, 0) is 10.9 Å². The number of nitrogens with one attached hydrogen (secondary N) is 1. The van der Waals surface area contributed by atoms with E-state index in [-0.39, 0.29) is 17.1 Å². The monoisotopic (exact) mass is 416 g/mol. The number of nitrogens with zero attached hydrogens (tertiary/aromatic N) is 4. The van der Waals surface area contributed by atoms with Crippen LogP contribution in [0.4, 0.5) is 36.4 Å². The maximum Gasteiger partial charge on any atom is 0.417 e. The topological polar surface area (TPSA) is 89.2 Å². The number of benzene rings is 1. The van der Waals surface area contributed by atoms with Gasteiger partial charge in [0.05, 0.1) is 24.5 Å². The van der Waals surface area contributed by atoms with Crippen LogP contribution >= 0.6 is 0 Å². The molecule has 0 aliphatic carbocycles. The molecule has 1 aliphatic heterocycles. The lowest BCUT2D eigenvalue weighted by molar-refractivity contribution is -0.137. The normalized spacial score (nSPS) is 14.6. The molecule has 1 aromatic carbocycles. The van der Waals surface area contributed by atoms with Gasteiger partial charge in [0.1, 0.15) is 11.6 Å². The van der Waals surface area contributed by atoms with Crippen molar-refractivity contribution in [2.75, 3.05) is 42.3 Å². The number of ether oxygens (including phenoxy) is 1. The Kier molecular flexibility index (Phi) is 5.40. The second-order valence-electron chi connectivity index (χ2n) is 6.68. The second-order valence-corrected chi connectivity index (χ2v) is 6.68. The maximum atomic E-state index is 13.6. The zero-order chi connectivity index (χ0) is 21.1. The minimum Gasteiger partial charge on any atom is -0.384 e. The van der Waals surface area contributed by atoms with E-state index < -0.39 is 11.7 Å². The molecular formula is C20H19F3N6O. The van der Waals surface area contributed by atoms with Crippen molar-refractivity contribution < 1.29 is 17.9 Å². The van der Waals surface area contributed by atoms with Crippen LogP contribution < -0.4 is 16.0 Å². The molecule has 4 rings (SSSR count). The summed E-state index contributed by atoms with van der Waals surface area (Å²) in [4.78, 5) is 14.6. The van der Waals surface area contributed by atoms with Gasteiger partial charge in [-0.2, -0.15) is 18.2 Å². The Bertz CT molecular complexity index is 1020. The molecule has 0 saturated carbocycles. The van der Waals surface area contributed by atoms with Gasteiger partial charge in [0.25, 0.3) is 0 Å². The summed E-state index contributed by atoms with van der Waals surface area (Å²) in [5.74, 6) is 0.480. The molecule has 0 unspecified atom stereocenters. The number of halogens is 3. The highest BCUT2D eigenvalue weighted by atomic mass is 19.4. The van der Waals surface area contributed by atoms with Crippen molar-refractivity contribution in [3.8, 4) is 11.3 Å². The number of rotatable bonds is 4. The Morgan fingerprint density at radius 2 is 1.77 bits per heavy atom. The number of alkyl halides is 3. The summed E-state index contributed by atoms with van der Waals surface area (Å²) in [6.07, 6.45) is -3.51. The number of anilines is 4. The van der Waals surface area contributed by atoms with Gasteiger partial charge >= 0.3 is 6.18 Å². The summed E-state index contributed by atoms with van der Waals surface area (Å²) < 4.78 is 46.3. The third-order valence-electron chi connectivity index (χ3n) is 4.56. The van der Waals surface area contributed by atoms with E-state index in [1.165, 1.54) is 6.07 Å². The van der Waals surface area contributed by atoms with Gasteiger partial charge in [-0.15, -0.1) is 0 Å². The zero-order valence-electron chi connectivity index (χ0n) is 15.9. The largest absolute Gasteiger partial charge is 0.417 e. The van der Waals surface area contributed by atoms with Crippen LogP contribution in [-0.4, -0.2) is 41.3 Å². The van der Waals surface area contributed by atoms with E-state index in [0.717, 1.165) is 18.0 Å². The fraction of sp³-hybridized carbons (Fsp3) is 0.250. The summed E-state index contributed by atoms with van der Waals surface area (Å²) in [5.41, 5.74) is 5.30. The fourth-order valence-electron chi connectivity index (χ4n) is 3.12. The lowest BCUT2D eigenvalue weighted by atomic mass is 10.1. The Hall–Kier alpha value is -3.40. The molecule has 1 saturated heterocycles. The molecule has 3 aromatic rings. The standard InChI is InChI=1S/C20H19F3N6O/c21-20(22,23)15-10-17(24)25-12-14(15)16-11-18(26-13-4-2-1-3-5-13)28-19(27-16)29-6-8-30-9-7-29/h1-5,10-12H,6-9H2,(H2,24,25)(H,26,27,28). The van der Waals surface area contributed by atoms with Crippen LogP contribution in [0.1, 0.15) is 5.56 Å². The summed E-state index contributed by atoms with van der Waals surface area (Å²) >= 11 is 0. The highest BCUT2D eigenvalue weighted by Crippen LogP contribution is 2.38. The lowest BCUT2D eigenvalue weighted by Crippen LogP contribution is -2.37. The van der Waals surface area contributed by atoms with Gasteiger partial charge in [-0.3, -0.25) is 0 Å². The molecule has 0 bridgehead atoms. The summed E-state index contributed by atoms with van der Waals surface area (Å²) in [6.45, 7) is 2.07. The van der Waals surface area contributed by atoms with Crippen LogP contribution in [0.2, 0.25) is 0 Å². The third kappa shape index (κ3) is 4.43. The van der Waals surface area contributed by atoms with E-state index in [1.807, 2.05) is 35.2 Å². The Morgan fingerprint density at radius 3 is 2.47 bits per heavy atom. The van der Waals surface area contributed by atoms with Gasteiger partial charge in [-0.25, -0.2) is 9.97 Å². The van der Waals surface area contributed by atoms with Crippen LogP contribution in [0.5, 0.6) is 0 Å². The van der Waals surface area contributed by atoms with E-state index in [2.05, 4.69) is 20.3 Å². The second kappa shape index (κ2) is 8.15. The van der Waals surface area contributed by atoms with Gasteiger partial charge in [-0.1, -0.05) is 18.2 Å². The molecule has 0 amide bonds. The van der Waals surface area contributed by atoms with E-state index in [1.54, 1.807) is 0 Å². The summed E-state index contributed by atoms with van der Waals surface area (Å²) in [6, 6.07) is 11.5. The van der Waals surface area contributed by atoms with Crippen molar-refractivity contribution in [3.63, 3.8) is 0 Å².